The van der Waals surface area contributed by atoms with Crippen LogP contribution in [0.25, 0.3) is 12.2 Å². The van der Waals surface area contributed by atoms with Gasteiger partial charge >= 0.3 is 0 Å². The molecule has 0 aliphatic rings. The summed E-state index contributed by atoms with van der Waals surface area (Å²) >= 11 is 0. The van der Waals surface area contributed by atoms with E-state index in [1.54, 1.807) is 0 Å². The van der Waals surface area contributed by atoms with Crippen LogP contribution < -0.4 is 10.4 Å². The monoisotopic (exact) mass is 132 g/mol. The summed E-state index contributed by atoms with van der Waals surface area (Å²) in [5.74, 6) is 0. The standard InChI is InChI=1S/C10H12/c1-3-9-7-5-6-8-10(9)4-2/h3-8H,1-2H3/b9-3-,10-4-. The Kier molecular flexibility index (Phi) is 2.27. The van der Waals surface area contributed by atoms with Crippen LogP contribution in [0.3, 0.4) is 0 Å². The number of rotatable bonds is 0. The highest BCUT2D eigenvalue weighted by Crippen LogP contribution is 1.71. The van der Waals surface area contributed by atoms with E-state index in [9.17, 15) is 0 Å². The quantitative estimate of drug-likeness (QED) is 0.499. The van der Waals surface area contributed by atoms with Crippen molar-refractivity contribution in [2.45, 2.75) is 13.8 Å². The molecule has 10 heavy (non-hydrogen) atoms. The Morgan fingerprint density at radius 2 is 1.30 bits per heavy atom. The minimum absolute atomic E-state index is 1.31. The summed E-state index contributed by atoms with van der Waals surface area (Å²) in [6.07, 6.45) is 4.24. The molecule has 0 radical (unpaired) electrons. The molecule has 0 aliphatic heterocycles. The van der Waals surface area contributed by atoms with Crippen molar-refractivity contribution in [2.75, 3.05) is 0 Å². The molecule has 0 amide bonds. The molecule has 1 aromatic rings. The van der Waals surface area contributed by atoms with Gasteiger partial charge in [0, 0.05) is 0 Å². The Bertz CT molecular complexity index is 274. The highest BCUT2D eigenvalue weighted by Gasteiger charge is 1.77. The fourth-order valence-electron chi connectivity index (χ4n) is 1.04. The lowest BCUT2D eigenvalue weighted by molar-refractivity contribution is 1.50. The zero-order valence-electron chi connectivity index (χ0n) is 6.46. The molecule has 0 bridgehead atoms. The second-order valence-corrected chi connectivity index (χ2v) is 2.21. The Balaban J connectivity index is 3.53. The van der Waals surface area contributed by atoms with Gasteiger partial charge in [-0.1, -0.05) is 36.4 Å². The molecular weight excluding hydrogens is 120 g/mol. The molecule has 52 valence electrons. The SMILES string of the molecule is C/C=c1/cccc/c1=C/C. The third-order valence-corrected chi connectivity index (χ3v) is 1.62. The molecule has 0 atom stereocenters. The Morgan fingerprint density at radius 1 is 0.900 bits per heavy atom. The van der Waals surface area contributed by atoms with Crippen LogP contribution in [-0.4, -0.2) is 0 Å². The van der Waals surface area contributed by atoms with Crippen molar-refractivity contribution in [1.82, 2.24) is 0 Å². The maximum atomic E-state index is 2.12. The second-order valence-electron chi connectivity index (χ2n) is 2.21. The molecule has 1 rings (SSSR count). The molecule has 0 unspecified atom stereocenters. The molecule has 0 aliphatic carbocycles. The van der Waals surface area contributed by atoms with Gasteiger partial charge in [-0.05, 0) is 24.3 Å². The summed E-state index contributed by atoms with van der Waals surface area (Å²) in [4.78, 5) is 0. The largest absolute Gasteiger partial charge is 0.0798 e. The lowest BCUT2D eigenvalue weighted by Gasteiger charge is -1.85. The van der Waals surface area contributed by atoms with Crippen LogP contribution in [0, 0.1) is 0 Å². The molecule has 0 fully saturated rings. The minimum Gasteiger partial charge on any atom is -0.0798 e. The van der Waals surface area contributed by atoms with Gasteiger partial charge in [0.25, 0.3) is 0 Å². The highest BCUT2D eigenvalue weighted by atomic mass is 13.8. The Hall–Kier alpha value is -1.04. The van der Waals surface area contributed by atoms with E-state index in [-0.39, 0.29) is 0 Å². The maximum absolute atomic E-state index is 2.12. The first-order valence-corrected chi connectivity index (χ1v) is 3.56. The van der Waals surface area contributed by atoms with E-state index in [2.05, 4.69) is 50.3 Å². The fraction of sp³-hybridized carbons (Fsp3) is 0.200. The first-order chi connectivity index (χ1) is 4.88. The van der Waals surface area contributed by atoms with Gasteiger partial charge in [0.15, 0.2) is 0 Å². The van der Waals surface area contributed by atoms with Gasteiger partial charge in [-0.25, -0.2) is 0 Å². The average Bonchev–Trinajstić information content (AvgIpc) is 2.04. The van der Waals surface area contributed by atoms with Crippen molar-refractivity contribution in [2.24, 2.45) is 0 Å². The van der Waals surface area contributed by atoms with Crippen molar-refractivity contribution in [3.05, 3.63) is 34.7 Å². The summed E-state index contributed by atoms with van der Waals surface area (Å²) in [5.41, 5.74) is 0. The van der Waals surface area contributed by atoms with Gasteiger partial charge in [-0.15, -0.1) is 0 Å². The molecule has 1 aromatic carbocycles. The molecule has 0 saturated carbocycles. The van der Waals surface area contributed by atoms with Crippen molar-refractivity contribution >= 4 is 12.2 Å². The molecule has 0 heteroatoms. The topological polar surface area (TPSA) is 0 Å². The van der Waals surface area contributed by atoms with Crippen molar-refractivity contribution in [1.29, 1.82) is 0 Å². The smallest absolute Gasteiger partial charge is 0.0230 e. The summed E-state index contributed by atoms with van der Waals surface area (Å²) < 4.78 is 0. The van der Waals surface area contributed by atoms with E-state index in [1.807, 2.05) is 0 Å². The molecule has 0 heterocycles. The van der Waals surface area contributed by atoms with Crippen LogP contribution in [0.15, 0.2) is 24.3 Å². The summed E-state index contributed by atoms with van der Waals surface area (Å²) in [7, 11) is 0. The zero-order valence-corrected chi connectivity index (χ0v) is 6.46. The van der Waals surface area contributed by atoms with Gasteiger partial charge in [0.1, 0.15) is 0 Å². The first-order valence-electron chi connectivity index (χ1n) is 3.56. The second kappa shape index (κ2) is 3.21. The lowest BCUT2D eigenvalue weighted by Crippen LogP contribution is -2.22. The Morgan fingerprint density at radius 3 is 1.60 bits per heavy atom. The zero-order chi connectivity index (χ0) is 7.40. The van der Waals surface area contributed by atoms with Crippen LogP contribution in [0.2, 0.25) is 0 Å². The van der Waals surface area contributed by atoms with E-state index in [1.165, 1.54) is 10.4 Å². The van der Waals surface area contributed by atoms with Crippen LogP contribution in [0.5, 0.6) is 0 Å². The minimum atomic E-state index is 1.31. The molecule has 0 N–H and O–H groups in total. The lowest BCUT2D eigenvalue weighted by atomic mass is 10.2. The molecular formula is C10H12. The highest BCUT2D eigenvalue weighted by molar-refractivity contribution is 5.28. The van der Waals surface area contributed by atoms with E-state index in [4.69, 9.17) is 0 Å². The first kappa shape index (κ1) is 7.07. The normalized spacial score (nSPS) is 14.2. The summed E-state index contributed by atoms with van der Waals surface area (Å²) in [6.45, 7) is 4.12. The van der Waals surface area contributed by atoms with Gasteiger partial charge in [0.2, 0.25) is 0 Å². The van der Waals surface area contributed by atoms with Crippen molar-refractivity contribution in [3.8, 4) is 0 Å². The van der Waals surface area contributed by atoms with E-state index < -0.39 is 0 Å². The Labute approximate surface area is 61.5 Å². The van der Waals surface area contributed by atoms with Gasteiger partial charge in [0.05, 0.1) is 0 Å². The maximum Gasteiger partial charge on any atom is -0.0230 e. The third-order valence-electron chi connectivity index (χ3n) is 1.62. The van der Waals surface area contributed by atoms with Gasteiger partial charge in [-0.2, -0.15) is 0 Å². The molecule has 0 spiro atoms. The van der Waals surface area contributed by atoms with Crippen LogP contribution in [0.1, 0.15) is 13.8 Å². The van der Waals surface area contributed by atoms with Gasteiger partial charge in [-0.3, -0.25) is 0 Å². The van der Waals surface area contributed by atoms with Crippen LogP contribution >= 0.6 is 0 Å². The van der Waals surface area contributed by atoms with Crippen molar-refractivity contribution < 1.29 is 0 Å². The molecule has 0 aromatic heterocycles. The molecule has 0 nitrogen and oxygen atoms in total. The van der Waals surface area contributed by atoms with E-state index in [0.717, 1.165) is 0 Å². The number of benzene rings is 1. The van der Waals surface area contributed by atoms with Crippen molar-refractivity contribution in [3.63, 3.8) is 0 Å². The summed E-state index contributed by atoms with van der Waals surface area (Å²) in [6, 6.07) is 8.36. The fourth-order valence-corrected chi connectivity index (χ4v) is 1.04. The van der Waals surface area contributed by atoms with Gasteiger partial charge < -0.3 is 0 Å². The van der Waals surface area contributed by atoms with E-state index >= 15 is 0 Å². The number of hydrogen-bond donors (Lipinski definition) is 0. The van der Waals surface area contributed by atoms with Crippen LogP contribution in [0.4, 0.5) is 0 Å². The predicted octanol–water partition coefficient (Wildman–Crippen LogP) is 1.29. The predicted molar refractivity (Wildman–Crippen MR) is 46.0 cm³/mol. The van der Waals surface area contributed by atoms with Crippen LogP contribution in [-0.2, 0) is 0 Å². The number of hydrogen-bond acceptors (Lipinski definition) is 0. The van der Waals surface area contributed by atoms with E-state index in [0.29, 0.717) is 0 Å². The molecule has 0 saturated heterocycles. The third kappa shape index (κ3) is 1.27. The summed E-state index contributed by atoms with van der Waals surface area (Å²) in [5, 5.41) is 2.62. The average molecular weight is 132 g/mol.